The maximum atomic E-state index is 12.2. The first kappa shape index (κ1) is 17.5. The molecule has 0 bridgehead atoms. The van der Waals surface area contributed by atoms with Gasteiger partial charge in [-0.25, -0.2) is 4.98 Å². The lowest BCUT2D eigenvalue weighted by Crippen LogP contribution is -2.14. The van der Waals surface area contributed by atoms with E-state index in [1.54, 1.807) is 6.20 Å². The minimum atomic E-state index is -0.0542. The van der Waals surface area contributed by atoms with Gasteiger partial charge < -0.3 is 19.4 Å². The summed E-state index contributed by atoms with van der Waals surface area (Å²) in [7, 11) is 0. The standard InChI is InChI=1S/C20H19N3O3S/c1-14-2-5-16(6-3-14)22-19(24)12-27-20-21-8-9-23(20)11-15-4-7-17-18(10-15)26-13-25-17/h2-10H,11-13H2,1H3,(H,22,24). The number of aryl methyl sites for hydroxylation is 1. The third kappa shape index (κ3) is 4.25. The summed E-state index contributed by atoms with van der Waals surface area (Å²) in [5.41, 5.74) is 3.05. The molecule has 2 aromatic carbocycles. The van der Waals surface area contributed by atoms with E-state index in [0.29, 0.717) is 12.3 Å². The number of aromatic nitrogens is 2. The van der Waals surface area contributed by atoms with Crippen molar-refractivity contribution in [1.29, 1.82) is 0 Å². The molecule has 1 aromatic heterocycles. The van der Waals surface area contributed by atoms with E-state index in [-0.39, 0.29) is 12.7 Å². The van der Waals surface area contributed by atoms with Crippen LogP contribution in [0.1, 0.15) is 11.1 Å². The minimum Gasteiger partial charge on any atom is -0.454 e. The Balaban J connectivity index is 1.36. The van der Waals surface area contributed by atoms with Crippen LogP contribution in [-0.4, -0.2) is 28.0 Å². The molecule has 7 heteroatoms. The zero-order valence-corrected chi connectivity index (χ0v) is 15.7. The van der Waals surface area contributed by atoms with Gasteiger partial charge in [-0.2, -0.15) is 0 Å². The number of carbonyl (C=O) groups is 1. The summed E-state index contributed by atoms with van der Waals surface area (Å²) < 4.78 is 12.8. The molecule has 2 heterocycles. The topological polar surface area (TPSA) is 65.4 Å². The first-order valence-electron chi connectivity index (χ1n) is 8.56. The van der Waals surface area contributed by atoms with Crippen molar-refractivity contribution in [2.75, 3.05) is 17.9 Å². The van der Waals surface area contributed by atoms with Gasteiger partial charge in [0.25, 0.3) is 0 Å². The summed E-state index contributed by atoms with van der Waals surface area (Å²) in [4.78, 5) is 16.6. The van der Waals surface area contributed by atoms with E-state index in [9.17, 15) is 4.79 Å². The van der Waals surface area contributed by atoms with Crippen LogP contribution in [0.2, 0.25) is 0 Å². The number of amides is 1. The third-order valence-electron chi connectivity index (χ3n) is 4.13. The van der Waals surface area contributed by atoms with Crippen molar-refractivity contribution >= 4 is 23.4 Å². The Bertz CT molecular complexity index is 953. The van der Waals surface area contributed by atoms with Crippen molar-refractivity contribution in [1.82, 2.24) is 9.55 Å². The summed E-state index contributed by atoms with van der Waals surface area (Å²) in [5, 5.41) is 3.70. The molecule has 6 nitrogen and oxygen atoms in total. The average Bonchev–Trinajstić information content (AvgIpc) is 3.31. The zero-order valence-electron chi connectivity index (χ0n) is 14.8. The SMILES string of the molecule is Cc1ccc(NC(=O)CSc2nccn2Cc2ccc3c(c2)OCO3)cc1. The Morgan fingerprint density at radius 3 is 2.85 bits per heavy atom. The van der Waals surface area contributed by atoms with Crippen LogP contribution < -0.4 is 14.8 Å². The number of hydrogen-bond donors (Lipinski definition) is 1. The number of imidazole rings is 1. The first-order chi connectivity index (χ1) is 13.2. The highest BCUT2D eigenvalue weighted by molar-refractivity contribution is 7.99. The van der Waals surface area contributed by atoms with Crippen molar-refractivity contribution < 1.29 is 14.3 Å². The molecule has 138 valence electrons. The van der Waals surface area contributed by atoms with Gasteiger partial charge in [-0.15, -0.1) is 0 Å². The summed E-state index contributed by atoms with van der Waals surface area (Å²) in [6, 6.07) is 13.6. The maximum absolute atomic E-state index is 12.2. The zero-order chi connectivity index (χ0) is 18.6. The Kier molecular flexibility index (Phi) is 5.02. The summed E-state index contributed by atoms with van der Waals surface area (Å²) in [6.07, 6.45) is 3.65. The van der Waals surface area contributed by atoms with Crippen molar-refractivity contribution in [2.24, 2.45) is 0 Å². The molecule has 4 rings (SSSR count). The number of nitrogens with one attached hydrogen (secondary N) is 1. The van der Waals surface area contributed by atoms with Gasteiger partial charge in [0.15, 0.2) is 16.7 Å². The molecule has 0 radical (unpaired) electrons. The van der Waals surface area contributed by atoms with Crippen molar-refractivity contribution in [3.63, 3.8) is 0 Å². The van der Waals surface area contributed by atoms with Gasteiger partial charge in [0.2, 0.25) is 12.7 Å². The van der Waals surface area contributed by atoms with E-state index in [1.807, 2.05) is 60.2 Å². The maximum Gasteiger partial charge on any atom is 0.234 e. The summed E-state index contributed by atoms with van der Waals surface area (Å²) in [5.74, 6) is 1.78. The molecular weight excluding hydrogens is 362 g/mol. The minimum absolute atomic E-state index is 0.0542. The van der Waals surface area contributed by atoms with Gasteiger partial charge in [0, 0.05) is 24.6 Å². The summed E-state index contributed by atoms with van der Waals surface area (Å²) >= 11 is 1.41. The fourth-order valence-corrected chi connectivity index (χ4v) is 3.52. The van der Waals surface area contributed by atoms with Crippen LogP contribution in [0, 0.1) is 6.92 Å². The molecule has 1 aliphatic rings. The molecule has 0 atom stereocenters. The number of nitrogens with zero attached hydrogens (tertiary/aromatic N) is 2. The molecule has 27 heavy (non-hydrogen) atoms. The van der Waals surface area contributed by atoms with Gasteiger partial charge in [0.1, 0.15) is 0 Å². The van der Waals surface area contributed by atoms with Crippen LogP contribution in [0.5, 0.6) is 11.5 Å². The number of anilines is 1. The Morgan fingerprint density at radius 2 is 2.00 bits per heavy atom. The van der Waals surface area contributed by atoms with Gasteiger partial charge >= 0.3 is 0 Å². The second kappa shape index (κ2) is 7.75. The van der Waals surface area contributed by atoms with Crippen molar-refractivity contribution in [3.8, 4) is 11.5 Å². The van der Waals surface area contributed by atoms with E-state index in [1.165, 1.54) is 11.8 Å². The quantitative estimate of drug-likeness (QED) is 0.660. The van der Waals surface area contributed by atoms with Crippen molar-refractivity contribution in [2.45, 2.75) is 18.6 Å². The Morgan fingerprint density at radius 1 is 1.19 bits per heavy atom. The Labute approximate surface area is 161 Å². The number of fused-ring (bicyclic) bond motifs is 1. The molecule has 0 fully saturated rings. The highest BCUT2D eigenvalue weighted by atomic mass is 32.2. The molecule has 0 aliphatic carbocycles. The van der Waals surface area contributed by atoms with Gasteiger partial charge in [0.05, 0.1) is 5.75 Å². The molecule has 3 aromatic rings. The normalized spacial score (nSPS) is 12.2. The predicted octanol–water partition coefficient (Wildman–Crippen LogP) is 3.70. The van der Waals surface area contributed by atoms with E-state index in [4.69, 9.17) is 9.47 Å². The van der Waals surface area contributed by atoms with Crippen LogP contribution in [0.25, 0.3) is 0 Å². The van der Waals surface area contributed by atoms with Crippen molar-refractivity contribution in [3.05, 3.63) is 66.0 Å². The average molecular weight is 381 g/mol. The number of rotatable bonds is 6. The highest BCUT2D eigenvalue weighted by Crippen LogP contribution is 2.33. The van der Waals surface area contributed by atoms with Crippen LogP contribution >= 0.6 is 11.8 Å². The van der Waals surface area contributed by atoms with E-state index in [0.717, 1.165) is 33.5 Å². The number of hydrogen-bond acceptors (Lipinski definition) is 5. The van der Waals surface area contributed by atoms with E-state index >= 15 is 0 Å². The largest absolute Gasteiger partial charge is 0.454 e. The molecule has 0 saturated carbocycles. The van der Waals surface area contributed by atoms with Gasteiger partial charge in [-0.1, -0.05) is 35.5 Å². The fraction of sp³-hybridized carbons (Fsp3) is 0.200. The lowest BCUT2D eigenvalue weighted by Gasteiger charge is -2.09. The molecule has 0 spiro atoms. The molecule has 1 aliphatic heterocycles. The second-order valence-electron chi connectivity index (χ2n) is 6.23. The third-order valence-corrected chi connectivity index (χ3v) is 5.14. The predicted molar refractivity (Wildman–Crippen MR) is 104 cm³/mol. The second-order valence-corrected chi connectivity index (χ2v) is 7.17. The molecule has 1 N–H and O–H groups in total. The van der Waals surface area contributed by atoms with Gasteiger partial charge in [-0.05, 0) is 36.8 Å². The fourth-order valence-electron chi connectivity index (χ4n) is 2.76. The van der Waals surface area contributed by atoms with Crippen LogP contribution in [0.15, 0.2) is 60.0 Å². The Hall–Kier alpha value is -2.93. The van der Waals surface area contributed by atoms with Crippen LogP contribution in [-0.2, 0) is 11.3 Å². The number of benzene rings is 2. The smallest absolute Gasteiger partial charge is 0.234 e. The summed E-state index contributed by atoms with van der Waals surface area (Å²) in [6.45, 7) is 2.93. The number of thioether (sulfide) groups is 1. The number of carbonyl (C=O) groups excluding carboxylic acids is 1. The molecule has 0 unspecified atom stereocenters. The molecular formula is C20H19N3O3S. The van der Waals surface area contributed by atoms with Crippen LogP contribution in [0.4, 0.5) is 5.69 Å². The monoisotopic (exact) mass is 381 g/mol. The van der Waals surface area contributed by atoms with E-state index < -0.39 is 0 Å². The molecule has 0 saturated heterocycles. The van der Waals surface area contributed by atoms with Gasteiger partial charge in [-0.3, -0.25) is 4.79 Å². The highest BCUT2D eigenvalue weighted by Gasteiger charge is 2.14. The van der Waals surface area contributed by atoms with Crippen LogP contribution in [0.3, 0.4) is 0 Å². The molecule has 1 amide bonds. The van der Waals surface area contributed by atoms with E-state index in [2.05, 4.69) is 10.3 Å². The number of ether oxygens (including phenoxy) is 2. The first-order valence-corrected chi connectivity index (χ1v) is 9.55. The lowest BCUT2D eigenvalue weighted by molar-refractivity contribution is -0.113. The lowest BCUT2D eigenvalue weighted by atomic mass is 10.2.